The first-order chi connectivity index (χ1) is 23.3. The standard InChI is InChI=1S/C44H33N3/c1-5-15-31(16-6-1)39-28-26-36(30-40(45-39)32-17-7-2-8-18-32)47-42-24-14-13-22-37(42)38-27-25-34-29-33-19-9-3-12-23-41(33)46(43(34)44(38)47)35-20-10-4-11-21-35/h1-18,20-27,30H,19,28-29H2. The van der Waals surface area contributed by atoms with E-state index in [2.05, 4.69) is 173 Å². The van der Waals surface area contributed by atoms with Crippen molar-refractivity contribution in [3.05, 3.63) is 192 Å². The molecule has 3 heteroatoms. The van der Waals surface area contributed by atoms with Crippen LogP contribution < -0.4 is 4.90 Å². The Morgan fingerprint density at radius 2 is 1.34 bits per heavy atom. The molecule has 224 valence electrons. The van der Waals surface area contributed by atoms with Gasteiger partial charge in [-0.05, 0) is 59.9 Å². The van der Waals surface area contributed by atoms with Gasteiger partial charge in [0.25, 0.3) is 0 Å². The molecule has 0 saturated heterocycles. The van der Waals surface area contributed by atoms with Gasteiger partial charge in [-0.3, -0.25) is 4.99 Å². The van der Waals surface area contributed by atoms with E-state index in [1.54, 1.807) is 0 Å². The van der Waals surface area contributed by atoms with Gasteiger partial charge < -0.3 is 9.47 Å². The molecule has 0 N–H and O–H groups in total. The molecular formula is C44H33N3. The minimum atomic E-state index is 0.724. The predicted molar refractivity (Wildman–Crippen MR) is 198 cm³/mol. The molecule has 0 bridgehead atoms. The normalized spacial score (nSPS) is 15.9. The number of rotatable bonds is 4. The van der Waals surface area contributed by atoms with Gasteiger partial charge in [0.2, 0.25) is 0 Å². The van der Waals surface area contributed by atoms with Gasteiger partial charge in [-0.2, -0.15) is 0 Å². The second-order valence-electron chi connectivity index (χ2n) is 12.3. The minimum Gasteiger partial charge on any atom is -0.308 e. The van der Waals surface area contributed by atoms with Gasteiger partial charge in [0.1, 0.15) is 0 Å². The molecule has 0 fully saturated rings. The van der Waals surface area contributed by atoms with Crippen LogP contribution in [0.25, 0.3) is 33.2 Å². The number of aromatic nitrogens is 1. The lowest BCUT2D eigenvalue weighted by molar-refractivity contribution is 0.970. The third-order valence-corrected chi connectivity index (χ3v) is 9.48. The molecule has 3 nitrogen and oxygen atoms in total. The van der Waals surface area contributed by atoms with Gasteiger partial charge >= 0.3 is 0 Å². The lowest BCUT2D eigenvalue weighted by Gasteiger charge is -2.35. The molecule has 0 saturated carbocycles. The minimum absolute atomic E-state index is 0.724. The number of benzene rings is 5. The van der Waals surface area contributed by atoms with E-state index >= 15 is 0 Å². The van der Waals surface area contributed by atoms with Gasteiger partial charge in [0.05, 0.1) is 28.1 Å². The van der Waals surface area contributed by atoms with E-state index < -0.39 is 0 Å². The van der Waals surface area contributed by atoms with E-state index in [4.69, 9.17) is 4.99 Å². The summed E-state index contributed by atoms with van der Waals surface area (Å²) in [5, 5.41) is 2.50. The number of hydrogen-bond donors (Lipinski definition) is 0. The Bertz CT molecular complexity index is 2350. The van der Waals surface area contributed by atoms with Crippen molar-refractivity contribution in [2.24, 2.45) is 4.99 Å². The number of fused-ring (bicyclic) bond motifs is 5. The highest BCUT2D eigenvalue weighted by Crippen LogP contribution is 2.48. The molecule has 3 aliphatic rings. The zero-order valence-electron chi connectivity index (χ0n) is 26.1. The van der Waals surface area contributed by atoms with Crippen molar-refractivity contribution in [2.45, 2.75) is 19.3 Å². The van der Waals surface area contributed by atoms with Crippen molar-refractivity contribution < 1.29 is 0 Å². The number of allylic oxidation sites excluding steroid dienone is 8. The zero-order valence-corrected chi connectivity index (χ0v) is 26.1. The molecular weight excluding hydrogens is 571 g/mol. The molecule has 0 atom stereocenters. The van der Waals surface area contributed by atoms with Crippen LogP contribution in [-0.2, 0) is 6.42 Å². The zero-order chi connectivity index (χ0) is 31.2. The molecule has 6 aromatic rings. The van der Waals surface area contributed by atoms with Crippen LogP contribution in [0.5, 0.6) is 0 Å². The number of nitrogens with zero attached hydrogens (tertiary/aromatic N) is 3. The first kappa shape index (κ1) is 27.4. The summed E-state index contributed by atoms with van der Waals surface area (Å²) in [4.78, 5) is 7.83. The Labute approximate surface area is 275 Å². The summed E-state index contributed by atoms with van der Waals surface area (Å²) >= 11 is 0. The van der Waals surface area contributed by atoms with E-state index in [0.717, 1.165) is 47.5 Å². The van der Waals surface area contributed by atoms with E-state index in [0.29, 0.717) is 0 Å². The van der Waals surface area contributed by atoms with Gasteiger partial charge in [-0.15, -0.1) is 0 Å². The fourth-order valence-corrected chi connectivity index (χ4v) is 7.34. The second kappa shape index (κ2) is 11.5. The summed E-state index contributed by atoms with van der Waals surface area (Å²) in [6, 6.07) is 45.5. The Balaban J connectivity index is 1.34. The van der Waals surface area contributed by atoms with E-state index in [1.807, 2.05) is 0 Å². The van der Waals surface area contributed by atoms with Crippen LogP contribution in [-0.4, -0.2) is 10.3 Å². The fourth-order valence-electron chi connectivity index (χ4n) is 7.34. The monoisotopic (exact) mass is 603 g/mol. The molecule has 2 aliphatic heterocycles. The van der Waals surface area contributed by atoms with Crippen LogP contribution in [0.3, 0.4) is 0 Å². The quantitative estimate of drug-likeness (QED) is 0.196. The molecule has 0 spiro atoms. The van der Waals surface area contributed by atoms with Crippen LogP contribution in [0.4, 0.5) is 11.4 Å². The molecule has 9 rings (SSSR count). The van der Waals surface area contributed by atoms with E-state index in [9.17, 15) is 0 Å². The molecule has 0 amide bonds. The Hall–Kier alpha value is -5.93. The average molecular weight is 604 g/mol. The summed E-state index contributed by atoms with van der Waals surface area (Å²) in [6.45, 7) is 0. The van der Waals surface area contributed by atoms with Gasteiger partial charge in [-0.25, -0.2) is 0 Å². The maximum atomic E-state index is 5.33. The smallest absolute Gasteiger partial charge is 0.0785 e. The van der Waals surface area contributed by atoms with Gasteiger partial charge in [0.15, 0.2) is 0 Å². The second-order valence-corrected chi connectivity index (χ2v) is 12.3. The summed E-state index contributed by atoms with van der Waals surface area (Å²) in [5.41, 5.74) is 14.3. The van der Waals surface area contributed by atoms with Crippen molar-refractivity contribution in [3.63, 3.8) is 0 Å². The molecule has 1 aliphatic carbocycles. The summed E-state index contributed by atoms with van der Waals surface area (Å²) < 4.78 is 2.50. The highest BCUT2D eigenvalue weighted by atomic mass is 15.2. The fraction of sp³-hybridized carbons (Fsp3) is 0.0682. The first-order valence-corrected chi connectivity index (χ1v) is 16.4. The van der Waals surface area contributed by atoms with Crippen molar-refractivity contribution in [1.82, 2.24) is 4.57 Å². The SMILES string of the molecule is C1=CCC2=C(C=C1)N(c1ccccc1)c1c(ccc3c4ccccc4n(C4=CCC(c5ccccc5)=NC(c5ccccc5)=C4)c13)C2. The summed E-state index contributed by atoms with van der Waals surface area (Å²) in [7, 11) is 0. The lowest BCUT2D eigenvalue weighted by Crippen LogP contribution is -2.24. The molecule has 1 aromatic heterocycles. The maximum Gasteiger partial charge on any atom is 0.0785 e. The van der Waals surface area contributed by atoms with Crippen LogP contribution in [0.1, 0.15) is 29.5 Å². The molecule has 3 heterocycles. The molecule has 0 unspecified atom stereocenters. The maximum absolute atomic E-state index is 5.33. The summed E-state index contributed by atoms with van der Waals surface area (Å²) in [6.07, 6.45) is 16.2. The summed E-state index contributed by atoms with van der Waals surface area (Å²) in [5.74, 6) is 0. The number of para-hydroxylation sites is 2. The Kier molecular flexibility index (Phi) is 6.68. The Morgan fingerprint density at radius 3 is 2.15 bits per heavy atom. The number of aliphatic imine (C=N–C) groups is 1. The third kappa shape index (κ3) is 4.71. The van der Waals surface area contributed by atoms with E-state index in [-0.39, 0.29) is 0 Å². The number of hydrogen-bond acceptors (Lipinski definition) is 2. The Morgan fingerprint density at radius 1 is 0.617 bits per heavy atom. The predicted octanol–water partition coefficient (Wildman–Crippen LogP) is 11.0. The highest BCUT2D eigenvalue weighted by Gasteiger charge is 2.30. The topological polar surface area (TPSA) is 20.5 Å². The lowest BCUT2D eigenvalue weighted by atomic mass is 9.92. The van der Waals surface area contributed by atoms with Gasteiger partial charge in [-0.1, -0.05) is 133 Å². The van der Waals surface area contributed by atoms with Crippen molar-refractivity contribution in [1.29, 1.82) is 0 Å². The van der Waals surface area contributed by atoms with E-state index in [1.165, 1.54) is 50.0 Å². The highest BCUT2D eigenvalue weighted by molar-refractivity contribution is 6.16. The van der Waals surface area contributed by atoms with Crippen LogP contribution in [0.2, 0.25) is 0 Å². The van der Waals surface area contributed by atoms with Crippen LogP contribution in [0.15, 0.2) is 180 Å². The number of anilines is 2. The average Bonchev–Trinajstić information content (AvgIpc) is 3.28. The van der Waals surface area contributed by atoms with Crippen molar-refractivity contribution >= 4 is 50.3 Å². The van der Waals surface area contributed by atoms with Crippen LogP contribution in [0, 0.1) is 0 Å². The first-order valence-electron chi connectivity index (χ1n) is 16.4. The van der Waals surface area contributed by atoms with Gasteiger partial charge in [0, 0.05) is 39.8 Å². The third-order valence-electron chi connectivity index (χ3n) is 9.48. The van der Waals surface area contributed by atoms with Crippen molar-refractivity contribution in [3.8, 4) is 0 Å². The molecule has 0 radical (unpaired) electrons. The molecule has 5 aromatic carbocycles. The van der Waals surface area contributed by atoms with Crippen LogP contribution >= 0.6 is 0 Å². The molecule has 47 heavy (non-hydrogen) atoms. The largest absolute Gasteiger partial charge is 0.308 e. The van der Waals surface area contributed by atoms with Crippen molar-refractivity contribution in [2.75, 3.05) is 4.90 Å².